The maximum absolute atomic E-state index is 12.5. The molecule has 1 unspecified atom stereocenters. The minimum atomic E-state index is -4.27. The smallest absolute Gasteiger partial charge is 0.325 e. The van der Waals surface area contributed by atoms with E-state index in [9.17, 15) is 13.2 Å². The molecule has 0 aliphatic carbocycles. The number of hydrogen-bond donors (Lipinski definition) is 1. The van der Waals surface area contributed by atoms with Crippen molar-refractivity contribution in [3.63, 3.8) is 0 Å². The van der Waals surface area contributed by atoms with Gasteiger partial charge in [-0.3, -0.25) is 0 Å². The highest BCUT2D eigenvalue weighted by molar-refractivity contribution is 5.26. The Labute approximate surface area is 113 Å². The second kappa shape index (κ2) is 6.42. The van der Waals surface area contributed by atoms with Crippen molar-refractivity contribution < 1.29 is 13.2 Å². The molecule has 0 saturated carbocycles. The van der Waals surface area contributed by atoms with E-state index in [4.69, 9.17) is 5.73 Å². The van der Waals surface area contributed by atoms with Crippen LogP contribution in [-0.2, 0) is 12.6 Å². The van der Waals surface area contributed by atoms with Crippen LogP contribution >= 0.6 is 0 Å². The van der Waals surface area contributed by atoms with Gasteiger partial charge in [-0.2, -0.15) is 13.2 Å². The van der Waals surface area contributed by atoms with Crippen molar-refractivity contribution in [1.29, 1.82) is 0 Å². The second-order valence-electron chi connectivity index (χ2n) is 5.19. The van der Waals surface area contributed by atoms with E-state index in [1.807, 2.05) is 6.92 Å². The lowest BCUT2D eigenvalue weighted by atomic mass is 9.84. The van der Waals surface area contributed by atoms with Crippen molar-refractivity contribution in [3.8, 4) is 0 Å². The summed E-state index contributed by atoms with van der Waals surface area (Å²) in [6, 6.07) is 5.33. The van der Waals surface area contributed by atoms with Crippen LogP contribution in [0.1, 0.15) is 50.7 Å². The molecular formula is C15H22F3N. The Balaban J connectivity index is 2.76. The minimum absolute atomic E-state index is 0.310. The van der Waals surface area contributed by atoms with Gasteiger partial charge >= 0.3 is 6.18 Å². The lowest BCUT2D eigenvalue weighted by molar-refractivity contribution is -0.137. The first kappa shape index (κ1) is 16.0. The van der Waals surface area contributed by atoms with Crippen LogP contribution in [0.5, 0.6) is 0 Å². The van der Waals surface area contributed by atoms with Crippen molar-refractivity contribution in [2.24, 2.45) is 5.73 Å². The Morgan fingerprint density at radius 3 is 2.05 bits per heavy atom. The summed E-state index contributed by atoms with van der Waals surface area (Å²) in [7, 11) is 0. The number of alkyl halides is 3. The molecule has 0 fully saturated rings. The molecule has 0 bridgehead atoms. The first-order valence-corrected chi connectivity index (χ1v) is 6.76. The highest BCUT2D eigenvalue weighted by Gasteiger charge is 2.30. The van der Waals surface area contributed by atoms with Crippen LogP contribution in [0.2, 0.25) is 0 Å². The summed E-state index contributed by atoms with van der Waals surface area (Å²) in [5.74, 6) is 0. The Morgan fingerprint density at radius 1 is 1.05 bits per heavy atom. The molecule has 0 aliphatic rings. The molecule has 0 saturated heterocycles. The van der Waals surface area contributed by atoms with Crippen LogP contribution in [-0.4, -0.2) is 5.54 Å². The van der Waals surface area contributed by atoms with E-state index in [0.29, 0.717) is 6.42 Å². The topological polar surface area (TPSA) is 26.0 Å². The van der Waals surface area contributed by atoms with Gasteiger partial charge in [-0.1, -0.05) is 38.8 Å². The van der Waals surface area contributed by atoms with Gasteiger partial charge in [0.25, 0.3) is 0 Å². The number of benzene rings is 1. The second-order valence-corrected chi connectivity index (χ2v) is 5.19. The molecule has 0 aliphatic heterocycles. The molecule has 1 atom stereocenters. The Morgan fingerprint density at radius 2 is 1.63 bits per heavy atom. The molecule has 1 rings (SSSR count). The fourth-order valence-corrected chi connectivity index (χ4v) is 2.14. The summed E-state index contributed by atoms with van der Waals surface area (Å²) in [6.45, 7) is 4.13. The van der Waals surface area contributed by atoms with Crippen LogP contribution < -0.4 is 5.73 Å². The van der Waals surface area contributed by atoms with Gasteiger partial charge in [0.05, 0.1) is 5.56 Å². The lowest BCUT2D eigenvalue weighted by Gasteiger charge is -2.28. The van der Waals surface area contributed by atoms with Gasteiger partial charge in [0, 0.05) is 5.54 Å². The molecule has 0 aromatic heterocycles. The van der Waals surface area contributed by atoms with E-state index in [1.54, 1.807) is 0 Å². The Bertz CT molecular complexity index is 383. The Hall–Kier alpha value is -1.03. The standard InChI is InChI=1S/C15H22F3N/c1-3-5-10-14(19,4-2)11-12-6-8-13(9-7-12)15(16,17)18/h6-9H,3-5,10-11,19H2,1-2H3. The van der Waals surface area contributed by atoms with Gasteiger partial charge in [0.2, 0.25) is 0 Å². The van der Waals surface area contributed by atoms with Gasteiger partial charge in [-0.15, -0.1) is 0 Å². The molecule has 1 aromatic carbocycles. The van der Waals surface area contributed by atoms with E-state index in [-0.39, 0.29) is 5.54 Å². The number of halogens is 3. The number of hydrogen-bond acceptors (Lipinski definition) is 1. The predicted molar refractivity (Wildman–Crippen MR) is 71.9 cm³/mol. The normalized spacial score (nSPS) is 15.3. The SMILES string of the molecule is CCCCC(N)(CC)Cc1ccc(C(F)(F)F)cc1. The number of unbranched alkanes of at least 4 members (excludes halogenated alkanes) is 1. The van der Waals surface area contributed by atoms with E-state index in [0.717, 1.165) is 43.4 Å². The summed E-state index contributed by atoms with van der Waals surface area (Å²) < 4.78 is 37.4. The molecule has 4 heteroatoms. The molecule has 19 heavy (non-hydrogen) atoms. The monoisotopic (exact) mass is 273 g/mol. The van der Waals surface area contributed by atoms with Crippen LogP contribution in [0.3, 0.4) is 0 Å². The average Bonchev–Trinajstić information content (AvgIpc) is 2.36. The Kier molecular flexibility index (Phi) is 5.41. The zero-order valence-electron chi connectivity index (χ0n) is 11.6. The summed E-state index contributed by atoms with van der Waals surface area (Å²) in [6.07, 6.45) is 0.207. The molecule has 0 heterocycles. The molecule has 1 nitrogen and oxygen atoms in total. The van der Waals surface area contributed by atoms with E-state index >= 15 is 0 Å². The highest BCUT2D eigenvalue weighted by Crippen LogP contribution is 2.30. The van der Waals surface area contributed by atoms with Crippen molar-refractivity contribution in [1.82, 2.24) is 0 Å². The lowest BCUT2D eigenvalue weighted by Crippen LogP contribution is -2.41. The average molecular weight is 273 g/mol. The fourth-order valence-electron chi connectivity index (χ4n) is 2.14. The summed E-state index contributed by atoms with van der Waals surface area (Å²) >= 11 is 0. The quantitative estimate of drug-likeness (QED) is 0.808. The first-order valence-electron chi connectivity index (χ1n) is 6.76. The predicted octanol–water partition coefficient (Wildman–Crippen LogP) is 4.55. The van der Waals surface area contributed by atoms with Crippen LogP contribution in [0.15, 0.2) is 24.3 Å². The third kappa shape index (κ3) is 4.86. The van der Waals surface area contributed by atoms with Gasteiger partial charge < -0.3 is 5.73 Å². The third-order valence-corrected chi connectivity index (χ3v) is 3.57. The molecule has 1 aromatic rings. The van der Waals surface area contributed by atoms with Crippen LogP contribution in [0, 0.1) is 0 Å². The highest BCUT2D eigenvalue weighted by atomic mass is 19.4. The van der Waals surface area contributed by atoms with Gasteiger partial charge in [-0.05, 0) is 37.0 Å². The maximum Gasteiger partial charge on any atom is 0.416 e. The fraction of sp³-hybridized carbons (Fsp3) is 0.600. The van der Waals surface area contributed by atoms with Crippen molar-refractivity contribution in [2.75, 3.05) is 0 Å². The summed E-state index contributed by atoms with van der Waals surface area (Å²) in [4.78, 5) is 0. The van der Waals surface area contributed by atoms with Crippen molar-refractivity contribution >= 4 is 0 Å². The zero-order valence-corrected chi connectivity index (χ0v) is 11.6. The van der Waals surface area contributed by atoms with Crippen molar-refractivity contribution in [3.05, 3.63) is 35.4 Å². The zero-order chi connectivity index (χ0) is 14.5. The van der Waals surface area contributed by atoms with E-state index in [1.165, 1.54) is 12.1 Å². The van der Waals surface area contributed by atoms with Crippen LogP contribution in [0.4, 0.5) is 13.2 Å². The molecule has 0 radical (unpaired) electrons. The van der Waals surface area contributed by atoms with Crippen LogP contribution in [0.25, 0.3) is 0 Å². The minimum Gasteiger partial charge on any atom is -0.325 e. The van der Waals surface area contributed by atoms with Gasteiger partial charge in [0.15, 0.2) is 0 Å². The number of rotatable bonds is 6. The summed E-state index contributed by atoms with van der Waals surface area (Å²) in [5.41, 5.74) is 6.27. The largest absolute Gasteiger partial charge is 0.416 e. The van der Waals surface area contributed by atoms with Crippen molar-refractivity contribution in [2.45, 2.75) is 57.7 Å². The summed E-state index contributed by atoms with van der Waals surface area (Å²) in [5, 5.41) is 0. The maximum atomic E-state index is 12.5. The molecule has 2 N–H and O–H groups in total. The number of nitrogens with two attached hydrogens (primary N) is 1. The van der Waals surface area contributed by atoms with Gasteiger partial charge in [0.1, 0.15) is 0 Å². The van der Waals surface area contributed by atoms with E-state index < -0.39 is 11.7 Å². The molecule has 0 spiro atoms. The third-order valence-electron chi connectivity index (χ3n) is 3.57. The van der Waals surface area contributed by atoms with E-state index in [2.05, 4.69) is 6.92 Å². The first-order chi connectivity index (χ1) is 8.80. The molecular weight excluding hydrogens is 251 g/mol. The van der Waals surface area contributed by atoms with Gasteiger partial charge in [-0.25, -0.2) is 0 Å². The molecule has 108 valence electrons. The molecule has 0 amide bonds.